The second-order valence-corrected chi connectivity index (χ2v) is 8.96. The highest BCUT2D eigenvalue weighted by Crippen LogP contribution is 2.38. The first-order valence-corrected chi connectivity index (χ1v) is 11.4. The zero-order chi connectivity index (χ0) is 22.0. The first-order valence-electron chi connectivity index (χ1n) is 10.4. The largest absolute Gasteiger partial charge is 0.447 e. The molecule has 1 aliphatic carbocycles. The van der Waals surface area contributed by atoms with E-state index >= 15 is 0 Å². The first-order chi connectivity index (χ1) is 15.0. The van der Waals surface area contributed by atoms with E-state index in [0.29, 0.717) is 11.6 Å². The number of ether oxygens (including phenoxy) is 1. The van der Waals surface area contributed by atoms with Crippen LogP contribution in [-0.2, 0) is 4.74 Å². The Morgan fingerprint density at radius 3 is 2.65 bits per heavy atom. The first kappa shape index (κ1) is 21.2. The number of carbonyl (C=O) groups is 2. The normalized spacial score (nSPS) is 14.4. The van der Waals surface area contributed by atoms with Crippen LogP contribution >= 0.6 is 11.8 Å². The molecule has 3 aromatic rings. The van der Waals surface area contributed by atoms with Crippen LogP contribution in [0.3, 0.4) is 0 Å². The van der Waals surface area contributed by atoms with Crippen LogP contribution in [0.1, 0.15) is 53.6 Å². The maximum atomic E-state index is 13.0. The SMILES string of the molecule is CCSc1ccc(C(COC(N)=O)NC(=O)c2ccc3c(c2)nc(C)n3C2CC2)cc1. The van der Waals surface area contributed by atoms with Gasteiger partial charge in [0, 0.05) is 16.5 Å². The van der Waals surface area contributed by atoms with Gasteiger partial charge in [0.1, 0.15) is 12.4 Å². The molecule has 162 valence electrons. The molecule has 1 aliphatic rings. The molecule has 1 saturated carbocycles. The number of aromatic nitrogens is 2. The van der Waals surface area contributed by atoms with Crippen molar-refractivity contribution in [3.05, 3.63) is 59.4 Å². The maximum absolute atomic E-state index is 13.0. The van der Waals surface area contributed by atoms with Crippen molar-refractivity contribution in [1.29, 1.82) is 0 Å². The molecule has 0 saturated heterocycles. The number of imidazole rings is 1. The highest BCUT2D eigenvalue weighted by atomic mass is 32.2. The van der Waals surface area contributed by atoms with Gasteiger partial charge in [-0.2, -0.15) is 0 Å². The van der Waals surface area contributed by atoms with Crippen molar-refractivity contribution in [1.82, 2.24) is 14.9 Å². The van der Waals surface area contributed by atoms with E-state index in [-0.39, 0.29) is 12.5 Å². The van der Waals surface area contributed by atoms with Crippen molar-refractivity contribution in [2.75, 3.05) is 12.4 Å². The van der Waals surface area contributed by atoms with Crippen molar-refractivity contribution in [3.63, 3.8) is 0 Å². The number of benzene rings is 2. The number of hydrogen-bond donors (Lipinski definition) is 2. The van der Waals surface area contributed by atoms with E-state index in [0.717, 1.165) is 33.1 Å². The Kier molecular flexibility index (Phi) is 6.18. The molecule has 0 spiro atoms. The lowest BCUT2D eigenvalue weighted by atomic mass is 10.1. The molecule has 7 nitrogen and oxygen atoms in total. The van der Waals surface area contributed by atoms with Crippen molar-refractivity contribution in [3.8, 4) is 0 Å². The highest BCUT2D eigenvalue weighted by molar-refractivity contribution is 7.99. The van der Waals surface area contributed by atoms with E-state index in [1.807, 2.05) is 49.4 Å². The standard InChI is InChI=1S/C23H26N4O3S/c1-3-31-18-9-4-15(5-10-18)20(13-30-23(24)29)26-22(28)16-6-11-21-19(12-16)25-14(2)27(21)17-7-8-17/h4-6,9-12,17,20H,3,7-8,13H2,1-2H3,(H2,24,29)(H,26,28). The molecular formula is C23H26N4O3S. The van der Waals surface area contributed by atoms with Gasteiger partial charge in [-0.1, -0.05) is 19.1 Å². The quantitative estimate of drug-likeness (QED) is 0.509. The molecule has 1 heterocycles. The van der Waals surface area contributed by atoms with Crippen molar-refractivity contribution in [2.45, 2.75) is 43.7 Å². The fourth-order valence-corrected chi connectivity index (χ4v) is 4.41. The molecule has 31 heavy (non-hydrogen) atoms. The van der Waals surface area contributed by atoms with Crippen LogP contribution in [0.2, 0.25) is 0 Å². The zero-order valence-corrected chi connectivity index (χ0v) is 18.4. The molecule has 2 aromatic carbocycles. The number of carbonyl (C=O) groups excluding carboxylic acids is 2. The predicted octanol–water partition coefficient (Wildman–Crippen LogP) is 4.36. The smallest absolute Gasteiger partial charge is 0.404 e. The third-order valence-corrected chi connectivity index (χ3v) is 6.23. The second-order valence-electron chi connectivity index (χ2n) is 7.62. The lowest BCUT2D eigenvalue weighted by Gasteiger charge is -2.19. The van der Waals surface area contributed by atoms with Crippen LogP contribution in [0, 0.1) is 6.92 Å². The summed E-state index contributed by atoms with van der Waals surface area (Å²) in [7, 11) is 0. The lowest BCUT2D eigenvalue weighted by molar-refractivity contribution is 0.0898. The third-order valence-electron chi connectivity index (χ3n) is 5.33. The van der Waals surface area contributed by atoms with Gasteiger partial charge in [0.25, 0.3) is 5.91 Å². The average Bonchev–Trinajstić information content (AvgIpc) is 3.52. The molecule has 0 aliphatic heterocycles. The summed E-state index contributed by atoms with van der Waals surface area (Å²) in [6.07, 6.45) is 1.47. The molecule has 1 fully saturated rings. The molecule has 8 heteroatoms. The number of aryl methyl sites for hydroxylation is 1. The van der Waals surface area contributed by atoms with Gasteiger partial charge in [-0.25, -0.2) is 9.78 Å². The summed E-state index contributed by atoms with van der Waals surface area (Å²) in [5.41, 5.74) is 8.35. The number of nitrogens with one attached hydrogen (secondary N) is 1. The van der Waals surface area contributed by atoms with Crippen LogP contribution in [0.4, 0.5) is 4.79 Å². The van der Waals surface area contributed by atoms with Crippen LogP contribution in [-0.4, -0.2) is 33.9 Å². The van der Waals surface area contributed by atoms with Crippen LogP contribution in [0.5, 0.6) is 0 Å². The summed E-state index contributed by atoms with van der Waals surface area (Å²) in [5, 5.41) is 2.96. The number of rotatable bonds is 8. The summed E-state index contributed by atoms with van der Waals surface area (Å²) in [4.78, 5) is 29.9. The molecule has 1 aromatic heterocycles. The molecule has 1 unspecified atom stereocenters. The number of primary amides is 1. The summed E-state index contributed by atoms with van der Waals surface area (Å²) >= 11 is 1.73. The number of nitrogens with two attached hydrogens (primary N) is 1. The summed E-state index contributed by atoms with van der Waals surface area (Å²) in [5.74, 6) is 1.68. The minimum Gasteiger partial charge on any atom is -0.447 e. The van der Waals surface area contributed by atoms with Crippen LogP contribution in [0.15, 0.2) is 47.4 Å². The second kappa shape index (κ2) is 9.01. The van der Waals surface area contributed by atoms with E-state index in [1.54, 1.807) is 11.8 Å². The highest BCUT2D eigenvalue weighted by Gasteiger charge is 2.27. The van der Waals surface area contributed by atoms with Gasteiger partial charge in [0.05, 0.1) is 17.1 Å². The Morgan fingerprint density at radius 2 is 2.00 bits per heavy atom. The Balaban J connectivity index is 1.55. The Hall–Kier alpha value is -3.00. The molecule has 4 rings (SSSR count). The summed E-state index contributed by atoms with van der Waals surface area (Å²) in [6.45, 7) is 4.04. The monoisotopic (exact) mass is 438 g/mol. The Morgan fingerprint density at radius 1 is 1.26 bits per heavy atom. The van der Waals surface area contributed by atoms with Gasteiger partial charge in [0.15, 0.2) is 0 Å². The number of amides is 2. The molecular weight excluding hydrogens is 412 g/mol. The van der Waals surface area contributed by atoms with Crippen molar-refractivity contribution < 1.29 is 14.3 Å². The van der Waals surface area contributed by atoms with Gasteiger partial charge < -0.3 is 20.4 Å². The molecule has 3 N–H and O–H groups in total. The van der Waals surface area contributed by atoms with E-state index in [1.165, 1.54) is 12.8 Å². The molecule has 1 atom stereocenters. The summed E-state index contributed by atoms with van der Waals surface area (Å²) in [6, 6.07) is 13.4. The predicted molar refractivity (Wildman–Crippen MR) is 121 cm³/mol. The topological polar surface area (TPSA) is 99.2 Å². The molecule has 2 amide bonds. The fourth-order valence-electron chi connectivity index (χ4n) is 3.75. The van der Waals surface area contributed by atoms with Gasteiger partial charge in [-0.3, -0.25) is 4.79 Å². The number of thioether (sulfide) groups is 1. The van der Waals surface area contributed by atoms with E-state index in [4.69, 9.17) is 10.5 Å². The number of fused-ring (bicyclic) bond motifs is 1. The van der Waals surface area contributed by atoms with Crippen molar-refractivity contribution >= 4 is 34.8 Å². The Labute approximate surface area is 185 Å². The minimum absolute atomic E-state index is 0.0427. The average molecular weight is 439 g/mol. The number of hydrogen-bond acceptors (Lipinski definition) is 5. The van der Waals surface area contributed by atoms with E-state index in [9.17, 15) is 9.59 Å². The van der Waals surface area contributed by atoms with Gasteiger partial charge in [-0.05, 0) is 61.4 Å². The van der Waals surface area contributed by atoms with Crippen LogP contribution < -0.4 is 11.1 Å². The van der Waals surface area contributed by atoms with E-state index in [2.05, 4.69) is 21.8 Å². The van der Waals surface area contributed by atoms with Gasteiger partial charge in [-0.15, -0.1) is 11.8 Å². The molecule has 0 bridgehead atoms. The summed E-state index contributed by atoms with van der Waals surface area (Å²) < 4.78 is 7.25. The van der Waals surface area contributed by atoms with Crippen molar-refractivity contribution in [2.24, 2.45) is 5.73 Å². The number of nitrogens with zero attached hydrogens (tertiary/aromatic N) is 2. The lowest BCUT2D eigenvalue weighted by Crippen LogP contribution is -2.33. The van der Waals surface area contributed by atoms with Gasteiger partial charge >= 0.3 is 6.09 Å². The zero-order valence-electron chi connectivity index (χ0n) is 17.6. The van der Waals surface area contributed by atoms with E-state index < -0.39 is 12.1 Å². The van der Waals surface area contributed by atoms with Gasteiger partial charge in [0.2, 0.25) is 0 Å². The maximum Gasteiger partial charge on any atom is 0.404 e. The Bertz CT molecular complexity index is 1110. The third kappa shape index (κ3) is 4.85. The minimum atomic E-state index is -0.875. The van der Waals surface area contributed by atoms with Crippen LogP contribution in [0.25, 0.3) is 11.0 Å². The molecule has 0 radical (unpaired) electrons. The fraction of sp³-hybridized carbons (Fsp3) is 0.348.